The van der Waals surface area contributed by atoms with Gasteiger partial charge in [-0.2, -0.15) is 0 Å². The van der Waals surface area contributed by atoms with E-state index in [4.69, 9.17) is 4.74 Å². The molecule has 1 saturated heterocycles. The standard InChI is InChI=1S/C29H29N3O4/c1-18-6-8-20(9-7-18)17-32-25(28(34)31-24-14-15-24)26(36-29(32)35)21-10-12-23(13-11-21)30-27(33)22-5-3-4-19(2)16-22/h3-13,16,24-26H,14-15,17H2,1-2H3,(H,30,33)(H,31,34)/t25-,26-/m0/s1. The predicted octanol–water partition coefficient (Wildman–Crippen LogP) is 4.90. The lowest BCUT2D eigenvalue weighted by molar-refractivity contribution is -0.126. The highest BCUT2D eigenvalue weighted by Gasteiger charge is 2.47. The molecule has 1 aliphatic carbocycles. The number of carbonyl (C=O) groups is 3. The van der Waals surface area contributed by atoms with Crippen LogP contribution in [-0.4, -0.2) is 34.9 Å². The number of cyclic esters (lactones) is 1. The van der Waals surface area contributed by atoms with Crippen molar-refractivity contribution in [3.05, 3.63) is 101 Å². The number of amides is 3. The Morgan fingerprint density at radius 2 is 1.67 bits per heavy atom. The second-order valence-corrected chi connectivity index (χ2v) is 9.59. The number of hydrogen-bond acceptors (Lipinski definition) is 4. The number of aryl methyl sites for hydroxylation is 2. The van der Waals surface area contributed by atoms with Gasteiger partial charge in [0.15, 0.2) is 12.1 Å². The van der Waals surface area contributed by atoms with Crippen LogP contribution in [0.25, 0.3) is 0 Å². The molecule has 1 saturated carbocycles. The van der Waals surface area contributed by atoms with Crippen molar-refractivity contribution in [3.63, 3.8) is 0 Å². The van der Waals surface area contributed by atoms with Gasteiger partial charge < -0.3 is 15.4 Å². The summed E-state index contributed by atoms with van der Waals surface area (Å²) < 4.78 is 5.73. The van der Waals surface area contributed by atoms with Crippen LogP contribution in [0.1, 0.15) is 51.6 Å². The Balaban J connectivity index is 1.35. The summed E-state index contributed by atoms with van der Waals surface area (Å²) >= 11 is 0. The van der Waals surface area contributed by atoms with Gasteiger partial charge in [0.1, 0.15) is 0 Å². The summed E-state index contributed by atoms with van der Waals surface area (Å²) in [6, 6.07) is 21.7. The Hall–Kier alpha value is -4.13. The fourth-order valence-corrected chi connectivity index (χ4v) is 4.36. The predicted molar refractivity (Wildman–Crippen MR) is 136 cm³/mol. The van der Waals surface area contributed by atoms with E-state index in [1.54, 1.807) is 30.3 Å². The monoisotopic (exact) mass is 483 g/mol. The SMILES string of the molecule is Cc1ccc(CN2C(=O)O[C@@H](c3ccc(NC(=O)c4cccc(C)c4)cc3)[C@H]2C(=O)NC2CC2)cc1. The summed E-state index contributed by atoms with van der Waals surface area (Å²) in [4.78, 5) is 40.2. The average molecular weight is 484 g/mol. The maximum absolute atomic E-state index is 13.2. The summed E-state index contributed by atoms with van der Waals surface area (Å²) in [5, 5.41) is 5.92. The molecule has 0 aromatic heterocycles. The first-order valence-electron chi connectivity index (χ1n) is 12.2. The van der Waals surface area contributed by atoms with Crippen LogP contribution >= 0.6 is 0 Å². The minimum atomic E-state index is -0.785. The summed E-state index contributed by atoms with van der Waals surface area (Å²) in [6.07, 6.45) is 0.632. The summed E-state index contributed by atoms with van der Waals surface area (Å²) in [6.45, 7) is 4.22. The molecule has 0 bridgehead atoms. The van der Waals surface area contributed by atoms with Crippen molar-refractivity contribution in [2.24, 2.45) is 0 Å². The Morgan fingerprint density at radius 3 is 2.33 bits per heavy atom. The van der Waals surface area contributed by atoms with Crippen LogP contribution < -0.4 is 10.6 Å². The highest BCUT2D eigenvalue weighted by Crippen LogP contribution is 2.35. The van der Waals surface area contributed by atoms with Gasteiger partial charge in [0.25, 0.3) is 5.91 Å². The molecule has 184 valence electrons. The van der Waals surface area contributed by atoms with Gasteiger partial charge in [-0.15, -0.1) is 0 Å². The van der Waals surface area contributed by atoms with E-state index in [0.29, 0.717) is 16.8 Å². The Morgan fingerprint density at radius 1 is 0.944 bits per heavy atom. The highest BCUT2D eigenvalue weighted by atomic mass is 16.6. The normalized spacial score (nSPS) is 19.1. The van der Waals surface area contributed by atoms with Gasteiger partial charge in [0.05, 0.1) is 6.54 Å². The Bertz CT molecular complexity index is 1280. The van der Waals surface area contributed by atoms with E-state index in [0.717, 1.165) is 29.5 Å². The zero-order valence-corrected chi connectivity index (χ0v) is 20.4. The molecule has 7 heteroatoms. The minimum Gasteiger partial charge on any atom is -0.438 e. The smallest absolute Gasteiger partial charge is 0.411 e. The molecule has 7 nitrogen and oxygen atoms in total. The van der Waals surface area contributed by atoms with Crippen molar-refractivity contribution in [3.8, 4) is 0 Å². The van der Waals surface area contributed by atoms with Crippen molar-refractivity contribution >= 4 is 23.6 Å². The van der Waals surface area contributed by atoms with Gasteiger partial charge >= 0.3 is 6.09 Å². The van der Waals surface area contributed by atoms with Crippen LogP contribution in [0.15, 0.2) is 72.8 Å². The molecule has 3 aromatic carbocycles. The van der Waals surface area contributed by atoms with Crippen LogP contribution in [0, 0.1) is 13.8 Å². The van der Waals surface area contributed by atoms with Crippen molar-refractivity contribution in [1.82, 2.24) is 10.2 Å². The molecule has 2 fully saturated rings. The molecule has 36 heavy (non-hydrogen) atoms. The number of ether oxygens (including phenoxy) is 1. The van der Waals surface area contributed by atoms with Crippen LogP contribution in [0.3, 0.4) is 0 Å². The fraction of sp³-hybridized carbons (Fsp3) is 0.276. The molecule has 2 N–H and O–H groups in total. The second-order valence-electron chi connectivity index (χ2n) is 9.59. The van der Waals surface area contributed by atoms with Crippen LogP contribution in [-0.2, 0) is 16.1 Å². The third kappa shape index (κ3) is 5.25. The molecular weight excluding hydrogens is 454 g/mol. The van der Waals surface area contributed by atoms with Crippen molar-refractivity contribution in [2.45, 2.75) is 51.4 Å². The average Bonchev–Trinajstić information content (AvgIpc) is 3.62. The topological polar surface area (TPSA) is 87.7 Å². The first-order valence-corrected chi connectivity index (χ1v) is 12.2. The van der Waals surface area contributed by atoms with Gasteiger partial charge in [-0.25, -0.2) is 4.79 Å². The maximum atomic E-state index is 13.2. The Labute approximate surface area is 210 Å². The third-order valence-electron chi connectivity index (χ3n) is 6.53. The molecule has 1 heterocycles. The maximum Gasteiger partial charge on any atom is 0.411 e. The Kier molecular flexibility index (Phi) is 6.46. The van der Waals surface area contributed by atoms with Crippen molar-refractivity contribution in [2.75, 3.05) is 5.32 Å². The fourth-order valence-electron chi connectivity index (χ4n) is 4.36. The number of hydrogen-bond donors (Lipinski definition) is 2. The second kappa shape index (κ2) is 9.85. The van der Waals surface area contributed by atoms with Crippen LogP contribution in [0.5, 0.6) is 0 Å². The van der Waals surface area contributed by atoms with E-state index in [1.807, 2.05) is 56.3 Å². The quantitative estimate of drug-likeness (QED) is 0.501. The number of nitrogens with one attached hydrogen (secondary N) is 2. The number of benzene rings is 3. The molecule has 2 atom stereocenters. The number of carbonyl (C=O) groups excluding carboxylic acids is 3. The molecule has 5 rings (SSSR count). The highest BCUT2D eigenvalue weighted by molar-refractivity contribution is 6.04. The molecule has 2 aliphatic rings. The molecule has 0 spiro atoms. The summed E-state index contributed by atoms with van der Waals surface area (Å²) in [5.74, 6) is -0.415. The van der Waals surface area contributed by atoms with Crippen LogP contribution in [0.4, 0.5) is 10.5 Å². The van der Waals surface area contributed by atoms with E-state index in [9.17, 15) is 14.4 Å². The first kappa shape index (κ1) is 23.6. The van der Waals surface area contributed by atoms with Crippen molar-refractivity contribution in [1.29, 1.82) is 0 Å². The van der Waals surface area contributed by atoms with Gasteiger partial charge in [-0.05, 0) is 62.1 Å². The first-order chi connectivity index (χ1) is 17.4. The van der Waals surface area contributed by atoms with Gasteiger partial charge in [0.2, 0.25) is 5.91 Å². The largest absolute Gasteiger partial charge is 0.438 e. The lowest BCUT2D eigenvalue weighted by Gasteiger charge is -2.24. The van der Waals surface area contributed by atoms with E-state index >= 15 is 0 Å². The lowest BCUT2D eigenvalue weighted by Crippen LogP contribution is -2.46. The number of anilines is 1. The lowest BCUT2D eigenvalue weighted by atomic mass is 10.00. The molecule has 3 aromatic rings. The van der Waals surface area contributed by atoms with Gasteiger partial charge in [0, 0.05) is 17.3 Å². The summed E-state index contributed by atoms with van der Waals surface area (Å²) in [5.41, 5.74) is 4.94. The van der Waals surface area contributed by atoms with E-state index in [2.05, 4.69) is 10.6 Å². The third-order valence-corrected chi connectivity index (χ3v) is 6.53. The van der Waals surface area contributed by atoms with Gasteiger partial charge in [-0.3, -0.25) is 14.5 Å². The molecular formula is C29H29N3O4. The van der Waals surface area contributed by atoms with E-state index in [-0.39, 0.29) is 24.4 Å². The number of rotatable bonds is 7. The zero-order valence-electron chi connectivity index (χ0n) is 20.4. The zero-order chi connectivity index (χ0) is 25.2. The molecule has 3 amide bonds. The van der Waals surface area contributed by atoms with E-state index < -0.39 is 18.2 Å². The van der Waals surface area contributed by atoms with Gasteiger partial charge in [-0.1, -0.05) is 59.7 Å². The molecule has 0 unspecified atom stereocenters. The van der Waals surface area contributed by atoms with Crippen LogP contribution in [0.2, 0.25) is 0 Å². The van der Waals surface area contributed by atoms with Crippen molar-refractivity contribution < 1.29 is 19.1 Å². The molecule has 1 aliphatic heterocycles. The van der Waals surface area contributed by atoms with E-state index in [1.165, 1.54) is 4.90 Å². The minimum absolute atomic E-state index is 0.161. The molecule has 0 radical (unpaired) electrons. The number of nitrogens with zero attached hydrogens (tertiary/aromatic N) is 1. The summed E-state index contributed by atoms with van der Waals surface area (Å²) in [7, 11) is 0.